The smallest absolute Gasteiger partial charge is 0.122 e. The molecule has 1 aliphatic rings. The largest absolute Gasteiger partial charge is 0.496 e. The van der Waals surface area contributed by atoms with Crippen molar-refractivity contribution in [1.82, 2.24) is 10.2 Å². The Morgan fingerprint density at radius 3 is 2.52 bits per heavy atom. The van der Waals surface area contributed by atoms with Crippen LogP contribution in [0.3, 0.4) is 0 Å². The summed E-state index contributed by atoms with van der Waals surface area (Å²) in [6.07, 6.45) is 6.03. The van der Waals surface area contributed by atoms with Gasteiger partial charge in [-0.15, -0.1) is 0 Å². The first-order chi connectivity index (χ1) is 10.0. The van der Waals surface area contributed by atoms with Gasteiger partial charge in [0.05, 0.1) is 7.11 Å². The van der Waals surface area contributed by atoms with E-state index in [0.717, 1.165) is 17.2 Å². The Hall–Kier alpha value is -0.770. The highest BCUT2D eigenvalue weighted by Gasteiger charge is 2.42. The van der Waals surface area contributed by atoms with Crippen molar-refractivity contribution in [1.29, 1.82) is 0 Å². The van der Waals surface area contributed by atoms with Crippen LogP contribution in [0.15, 0.2) is 18.2 Å². The number of hydrogen-bond acceptors (Lipinski definition) is 3. The van der Waals surface area contributed by atoms with Crippen molar-refractivity contribution in [3.63, 3.8) is 0 Å². The van der Waals surface area contributed by atoms with E-state index in [1.54, 1.807) is 7.11 Å². The molecule has 0 saturated heterocycles. The molecule has 0 aliphatic heterocycles. The van der Waals surface area contributed by atoms with Crippen LogP contribution >= 0.6 is 11.6 Å². The standard InChI is InChI=1S/C17H27ClN2O/c1-19-16(17(20(2)3)9-5-6-10-17)12-13-11-14(18)7-8-15(13)21-4/h7-8,11,16,19H,5-6,9-10,12H2,1-4H3. The van der Waals surface area contributed by atoms with Crippen LogP contribution in [0.25, 0.3) is 0 Å². The Labute approximate surface area is 133 Å². The predicted octanol–water partition coefficient (Wildman–Crippen LogP) is 3.35. The fraction of sp³-hybridized carbons (Fsp3) is 0.647. The average Bonchev–Trinajstić information content (AvgIpc) is 2.95. The molecule has 1 atom stereocenters. The van der Waals surface area contributed by atoms with Crippen molar-refractivity contribution in [3.05, 3.63) is 28.8 Å². The van der Waals surface area contributed by atoms with E-state index in [1.807, 2.05) is 18.2 Å². The van der Waals surface area contributed by atoms with Gasteiger partial charge in [0.1, 0.15) is 5.75 Å². The van der Waals surface area contributed by atoms with Gasteiger partial charge in [-0.3, -0.25) is 0 Å². The van der Waals surface area contributed by atoms with Gasteiger partial charge in [0.15, 0.2) is 0 Å². The lowest BCUT2D eigenvalue weighted by molar-refractivity contribution is 0.108. The zero-order valence-electron chi connectivity index (χ0n) is 13.6. The lowest BCUT2D eigenvalue weighted by Gasteiger charge is -2.43. The van der Waals surface area contributed by atoms with Crippen LogP contribution in [-0.2, 0) is 6.42 Å². The number of rotatable bonds is 6. The summed E-state index contributed by atoms with van der Waals surface area (Å²) in [6, 6.07) is 6.27. The van der Waals surface area contributed by atoms with Crippen molar-refractivity contribution < 1.29 is 4.74 Å². The molecule has 1 saturated carbocycles. The van der Waals surface area contributed by atoms with E-state index in [-0.39, 0.29) is 5.54 Å². The molecule has 1 aromatic carbocycles. The van der Waals surface area contributed by atoms with Crippen LogP contribution in [-0.4, -0.2) is 44.7 Å². The van der Waals surface area contributed by atoms with Gasteiger partial charge in [0, 0.05) is 16.6 Å². The summed E-state index contributed by atoms with van der Waals surface area (Å²) < 4.78 is 5.50. The first kappa shape index (κ1) is 16.6. The van der Waals surface area contributed by atoms with Crippen molar-refractivity contribution >= 4 is 11.6 Å². The van der Waals surface area contributed by atoms with E-state index in [4.69, 9.17) is 16.3 Å². The van der Waals surface area contributed by atoms with E-state index in [0.29, 0.717) is 6.04 Å². The number of benzene rings is 1. The molecular formula is C17H27ClN2O. The molecule has 0 aromatic heterocycles. The van der Waals surface area contributed by atoms with E-state index >= 15 is 0 Å². The predicted molar refractivity (Wildman–Crippen MR) is 89.4 cm³/mol. The number of likely N-dealkylation sites (N-methyl/N-ethyl adjacent to an activating group) is 2. The monoisotopic (exact) mass is 310 g/mol. The van der Waals surface area contributed by atoms with Gasteiger partial charge in [-0.2, -0.15) is 0 Å². The SMILES string of the molecule is CNC(Cc1cc(Cl)ccc1OC)C1(N(C)C)CCCC1. The summed E-state index contributed by atoms with van der Waals surface area (Å²) in [4.78, 5) is 2.40. The highest BCUT2D eigenvalue weighted by molar-refractivity contribution is 6.30. The third-order valence-electron chi connectivity index (χ3n) is 5.02. The third kappa shape index (κ3) is 3.36. The number of hydrogen-bond donors (Lipinski definition) is 1. The highest BCUT2D eigenvalue weighted by Crippen LogP contribution is 2.38. The molecule has 0 bridgehead atoms. The molecule has 2 rings (SSSR count). The fourth-order valence-corrected chi connectivity index (χ4v) is 3.98. The normalized spacial score (nSPS) is 19.0. The fourth-order valence-electron chi connectivity index (χ4n) is 3.78. The lowest BCUT2D eigenvalue weighted by atomic mass is 9.83. The number of nitrogens with one attached hydrogen (secondary N) is 1. The summed E-state index contributed by atoms with van der Waals surface area (Å²) in [6.45, 7) is 0. The van der Waals surface area contributed by atoms with Crippen molar-refractivity contribution in [2.45, 2.75) is 43.7 Å². The van der Waals surface area contributed by atoms with Crippen LogP contribution in [0.2, 0.25) is 5.02 Å². The summed E-state index contributed by atoms with van der Waals surface area (Å²) in [7, 11) is 8.18. The molecule has 21 heavy (non-hydrogen) atoms. The van der Waals surface area contributed by atoms with Crippen LogP contribution < -0.4 is 10.1 Å². The summed E-state index contributed by atoms with van der Waals surface area (Å²) in [5.74, 6) is 0.923. The van der Waals surface area contributed by atoms with E-state index in [9.17, 15) is 0 Å². The minimum atomic E-state index is 0.224. The molecular weight excluding hydrogens is 284 g/mol. The molecule has 0 heterocycles. The molecule has 4 heteroatoms. The second-order valence-electron chi connectivity index (χ2n) is 6.21. The highest BCUT2D eigenvalue weighted by atomic mass is 35.5. The van der Waals surface area contributed by atoms with Gasteiger partial charge in [-0.05, 0) is 64.2 Å². The zero-order chi connectivity index (χ0) is 15.5. The Balaban J connectivity index is 2.28. The molecule has 1 N–H and O–H groups in total. The Morgan fingerprint density at radius 1 is 1.33 bits per heavy atom. The molecule has 1 fully saturated rings. The van der Waals surface area contributed by atoms with Crippen molar-refractivity contribution in [2.24, 2.45) is 0 Å². The first-order valence-corrected chi connectivity index (χ1v) is 8.08. The molecule has 3 nitrogen and oxygen atoms in total. The summed E-state index contributed by atoms with van der Waals surface area (Å²) >= 11 is 6.17. The molecule has 0 radical (unpaired) electrons. The van der Waals surface area contributed by atoms with E-state index < -0.39 is 0 Å². The van der Waals surface area contributed by atoms with Gasteiger partial charge in [-0.25, -0.2) is 0 Å². The third-order valence-corrected chi connectivity index (χ3v) is 5.26. The number of ether oxygens (including phenoxy) is 1. The summed E-state index contributed by atoms with van der Waals surface area (Å²) in [5, 5.41) is 4.31. The van der Waals surface area contributed by atoms with E-state index in [2.05, 4.69) is 31.4 Å². The minimum absolute atomic E-state index is 0.224. The van der Waals surface area contributed by atoms with Crippen LogP contribution in [0.1, 0.15) is 31.2 Å². The molecule has 0 amide bonds. The topological polar surface area (TPSA) is 24.5 Å². The van der Waals surface area contributed by atoms with Gasteiger partial charge in [0.2, 0.25) is 0 Å². The Morgan fingerprint density at radius 2 is 2.00 bits per heavy atom. The molecule has 1 aliphatic carbocycles. The zero-order valence-corrected chi connectivity index (χ0v) is 14.3. The molecule has 1 aromatic rings. The summed E-state index contributed by atoms with van der Waals surface area (Å²) in [5.41, 5.74) is 1.40. The van der Waals surface area contributed by atoms with Crippen LogP contribution in [0.4, 0.5) is 0 Å². The Bertz CT molecular complexity index is 470. The van der Waals surface area contributed by atoms with Crippen LogP contribution in [0.5, 0.6) is 5.75 Å². The van der Waals surface area contributed by atoms with Crippen molar-refractivity contribution in [2.75, 3.05) is 28.3 Å². The maximum absolute atomic E-state index is 6.17. The first-order valence-electron chi connectivity index (χ1n) is 7.70. The number of halogens is 1. The number of methoxy groups -OCH3 is 1. The number of nitrogens with zero attached hydrogens (tertiary/aromatic N) is 1. The second kappa shape index (κ2) is 6.99. The van der Waals surface area contributed by atoms with Gasteiger partial charge < -0.3 is 15.0 Å². The maximum Gasteiger partial charge on any atom is 0.122 e. The average molecular weight is 311 g/mol. The van der Waals surface area contributed by atoms with Crippen molar-refractivity contribution in [3.8, 4) is 5.75 Å². The van der Waals surface area contributed by atoms with Gasteiger partial charge >= 0.3 is 0 Å². The molecule has 1 unspecified atom stereocenters. The maximum atomic E-state index is 6.17. The molecule has 118 valence electrons. The second-order valence-corrected chi connectivity index (χ2v) is 6.64. The van der Waals surface area contributed by atoms with E-state index in [1.165, 1.54) is 31.2 Å². The Kier molecular flexibility index (Phi) is 5.53. The lowest BCUT2D eigenvalue weighted by Crippen LogP contribution is -2.57. The van der Waals surface area contributed by atoms with Gasteiger partial charge in [-0.1, -0.05) is 24.4 Å². The van der Waals surface area contributed by atoms with Crippen LogP contribution in [0, 0.1) is 0 Å². The quantitative estimate of drug-likeness (QED) is 0.872. The molecule has 0 spiro atoms. The van der Waals surface area contributed by atoms with Gasteiger partial charge in [0.25, 0.3) is 0 Å². The minimum Gasteiger partial charge on any atom is -0.496 e.